The lowest BCUT2D eigenvalue weighted by Gasteiger charge is -2.13. The van der Waals surface area contributed by atoms with E-state index in [9.17, 15) is 18.7 Å². The molecule has 0 radical (unpaired) electrons. The first-order chi connectivity index (χ1) is 12.0. The third kappa shape index (κ3) is 4.03. The Morgan fingerprint density at radius 2 is 1.92 bits per heavy atom. The summed E-state index contributed by atoms with van der Waals surface area (Å²) in [7, 11) is 0. The molecule has 0 bridgehead atoms. The highest BCUT2D eigenvalue weighted by Gasteiger charge is 2.12. The molecular weight excluding hydrogens is 326 g/mol. The predicted octanol–water partition coefficient (Wildman–Crippen LogP) is 3.16. The summed E-state index contributed by atoms with van der Waals surface area (Å²) in [4.78, 5) is 12.0. The molecule has 3 rings (SSSR count). The Kier molecular flexibility index (Phi) is 5.09. The number of carbonyl (C=O) groups is 1. The molecule has 0 unspecified atom stereocenters. The van der Waals surface area contributed by atoms with E-state index in [2.05, 4.69) is 5.32 Å². The summed E-state index contributed by atoms with van der Waals surface area (Å²) < 4.78 is 28.0. The molecule has 2 aromatic carbocycles. The van der Waals surface area contributed by atoms with Gasteiger partial charge in [-0.1, -0.05) is 24.3 Å². The number of aryl methyl sites for hydroxylation is 1. The summed E-state index contributed by atoms with van der Waals surface area (Å²) in [6.07, 6.45) is 1.09. The molecule has 3 aromatic rings. The van der Waals surface area contributed by atoms with Gasteiger partial charge in [0, 0.05) is 31.2 Å². The van der Waals surface area contributed by atoms with Gasteiger partial charge >= 0.3 is 0 Å². The molecule has 2 N–H and O–H groups in total. The summed E-state index contributed by atoms with van der Waals surface area (Å²) in [5, 5.41) is 13.7. The van der Waals surface area contributed by atoms with Crippen LogP contribution in [0.15, 0.2) is 54.7 Å². The number of nitrogens with zero attached hydrogens (tertiary/aromatic N) is 1. The Morgan fingerprint density at radius 3 is 2.72 bits per heavy atom. The topological polar surface area (TPSA) is 54.3 Å². The van der Waals surface area contributed by atoms with Crippen LogP contribution in [0.5, 0.6) is 0 Å². The number of hydrogen-bond donors (Lipinski definition) is 2. The Labute approximate surface area is 143 Å². The van der Waals surface area contributed by atoms with Gasteiger partial charge in [0.25, 0.3) is 0 Å². The van der Waals surface area contributed by atoms with E-state index >= 15 is 0 Å². The number of rotatable bonds is 6. The highest BCUT2D eigenvalue weighted by Crippen LogP contribution is 2.16. The van der Waals surface area contributed by atoms with E-state index < -0.39 is 17.7 Å². The number of nitrogens with one attached hydrogen (secondary N) is 1. The number of amides is 1. The van der Waals surface area contributed by atoms with Crippen LogP contribution in [0.3, 0.4) is 0 Å². The first-order valence-electron chi connectivity index (χ1n) is 7.98. The van der Waals surface area contributed by atoms with Gasteiger partial charge in [0.05, 0.1) is 6.10 Å². The molecular formula is C19H18F2N2O2. The zero-order chi connectivity index (χ0) is 17.8. The first-order valence-corrected chi connectivity index (χ1v) is 7.98. The molecule has 1 heterocycles. The number of aliphatic hydroxyl groups excluding tert-OH is 1. The molecule has 0 saturated heterocycles. The van der Waals surface area contributed by atoms with E-state index in [1.54, 1.807) is 0 Å². The van der Waals surface area contributed by atoms with Crippen LogP contribution in [0, 0.1) is 11.6 Å². The number of halogens is 2. The number of carbonyl (C=O) groups excluding carboxylic acids is 1. The molecule has 0 aliphatic rings. The lowest BCUT2D eigenvalue weighted by molar-refractivity contribution is -0.121. The summed E-state index contributed by atoms with van der Waals surface area (Å²) in [5.41, 5.74) is 1.27. The molecule has 6 heteroatoms. The van der Waals surface area contributed by atoms with Crippen LogP contribution in [-0.2, 0) is 11.3 Å². The van der Waals surface area contributed by atoms with Gasteiger partial charge in [0.1, 0.15) is 0 Å². The van der Waals surface area contributed by atoms with Crippen molar-refractivity contribution in [3.05, 3.63) is 71.9 Å². The molecule has 0 aliphatic heterocycles. The third-order valence-corrected chi connectivity index (χ3v) is 4.08. The second-order valence-electron chi connectivity index (χ2n) is 5.81. The number of para-hydroxylation sites is 1. The molecule has 130 valence electrons. The van der Waals surface area contributed by atoms with Gasteiger partial charge in [0.2, 0.25) is 5.91 Å². The molecule has 4 nitrogen and oxygen atoms in total. The molecule has 25 heavy (non-hydrogen) atoms. The van der Waals surface area contributed by atoms with Gasteiger partial charge in [0.15, 0.2) is 11.6 Å². The van der Waals surface area contributed by atoms with Crippen molar-refractivity contribution >= 4 is 16.8 Å². The Morgan fingerprint density at radius 1 is 1.12 bits per heavy atom. The predicted molar refractivity (Wildman–Crippen MR) is 90.9 cm³/mol. The molecule has 1 aromatic heterocycles. The van der Waals surface area contributed by atoms with Crippen LogP contribution in [0.1, 0.15) is 18.1 Å². The quantitative estimate of drug-likeness (QED) is 0.722. The third-order valence-electron chi connectivity index (χ3n) is 4.08. The molecule has 0 fully saturated rings. The maximum atomic E-state index is 13.2. The van der Waals surface area contributed by atoms with Crippen LogP contribution < -0.4 is 5.32 Å². The van der Waals surface area contributed by atoms with E-state index in [-0.39, 0.29) is 24.4 Å². The lowest BCUT2D eigenvalue weighted by atomic mass is 10.1. The van der Waals surface area contributed by atoms with Crippen LogP contribution in [-0.4, -0.2) is 22.1 Å². The largest absolute Gasteiger partial charge is 0.387 e. The minimum Gasteiger partial charge on any atom is -0.387 e. The van der Waals surface area contributed by atoms with Gasteiger partial charge in [-0.3, -0.25) is 4.79 Å². The molecule has 1 amide bonds. The Bertz CT molecular complexity index is 892. The van der Waals surface area contributed by atoms with Gasteiger partial charge in [-0.15, -0.1) is 0 Å². The van der Waals surface area contributed by atoms with Crippen LogP contribution in [0.2, 0.25) is 0 Å². The number of aliphatic hydroxyl groups is 1. The van der Waals surface area contributed by atoms with Gasteiger partial charge in [-0.25, -0.2) is 8.78 Å². The number of benzene rings is 2. The number of hydrogen-bond acceptors (Lipinski definition) is 2. The van der Waals surface area contributed by atoms with Crippen molar-refractivity contribution in [2.75, 3.05) is 6.54 Å². The molecule has 0 saturated carbocycles. The van der Waals surface area contributed by atoms with E-state index in [0.29, 0.717) is 6.54 Å². The van der Waals surface area contributed by atoms with Crippen molar-refractivity contribution in [3.63, 3.8) is 0 Å². The Hall–Kier alpha value is -2.73. The fraction of sp³-hybridized carbons (Fsp3) is 0.211. The van der Waals surface area contributed by atoms with Crippen LogP contribution in [0.4, 0.5) is 8.78 Å². The van der Waals surface area contributed by atoms with Crippen molar-refractivity contribution in [2.24, 2.45) is 0 Å². The number of fused-ring (bicyclic) bond motifs is 1. The van der Waals surface area contributed by atoms with Gasteiger partial charge in [-0.2, -0.15) is 0 Å². The minimum absolute atomic E-state index is 0.0592. The molecule has 1 atom stereocenters. The summed E-state index contributed by atoms with van der Waals surface area (Å²) >= 11 is 0. The van der Waals surface area contributed by atoms with E-state index in [0.717, 1.165) is 23.0 Å². The van der Waals surface area contributed by atoms with Crippen molar-refractivity contribution in [1.29, 1.82) is 0 Å². The summed E-state index contributed by atoms with van der Waals surface area (Å²) in [6, 6.07) is 13.0. The summed E-state index contributed by atoms with van der Waals surface area (Å²) in [6.45, 7) is 0.455. The lowest BCUT2D eigenvalue weighted by Crippen LogP contribution is -2.29. The van der Waals surface area contributed by atoms with Crippen LogP contribution in [0.25, 0.3) is 10.9 Å². The minimum atomic E-state index is -1.09. The van der Waals surface area contributed by atoms with Crippen LogP contribution >= 0.6 is 0 Å². The van der Waals surface area contributed by atoms with E-state index in [1.807, 2.05) is 41.1 Å². The fourth-order valence-corrected chi connectivity index (χ4v) is 2.69. The van der Waals surface area contributed by atoms with Gasteiger partial charge < -0.3 is 15.0 Å². The average Bonchev–Trinajstić information content (AvgIpc) is 3.03. The molecule has 0 spiro atoms. The summed E-state index contributed by atoms with van der Waals surface area (Å²) in [5.74, 6) is -2.22. The highest BCUT2D eigenvalue weighted by atomic mass is 19.2. The second-order valence-corrected chi connectivity index (χ2v) is 5.81. The second kappa shape index (κ2) is 7.44. The van der Waals surface area contributed by atoms with E-state index in [4.69, 9.17) is 0 Å². The van der Waals surface area contributed by atoms with Crippen molar-refractivity contribution in [1.82, 2.24) is 9.88 Å². The maximum absolute atomic E-state index is 13.2. The Balaban J connectivity index is 1.51. The number of aromatic nitrogens is 1. The van der Waals surface area contributed by atoms with Crippen molar-refractivity contribution in [2.45, 2.75) is 19.1 Å². The standard InChI is InChI=1S/C19H18F2N2O2/c20-15-6-5-14(11-16(15)21)18(24)12-22-19(25)8-10-23-9-7-13-3-1-2-4-17(13)23/h1-7,9,11,18,24H,8,10,12H2,(H,22,25)/t18-/m0/s1. The first kappa shape index (κ1) is 17.1. The zero-order valence-corrected chi connectivity index (χ0v) is 13.5. The monoisotopic (exact) mass is 344 g/mol. The van der Waals surface area contributed by atoms with Gasteiger partial charge in [-0.05, 0) is 35.2 Å². The fourth-order valence-electron chi connectivity index (χ4n) is 2.69. The molecule has 0 aliphatic carbocycles. The normalized spacial score (nSPS) is 12.3. The van der Waals surface area contributed by atoms with Crippen molar-refractivity contribution in [3.8, 4) is 0 Å². The zero-order valence-electron chi connectivity index (χ0n) is 13.5. The highest BCUT2D eigenvalue weighted by molar-refractivity contribution is 5.80. The maximum Gasteiger partial charge on any atom is 0.221 e. The smallest absolute Gasteiger partial charge is 0.221 e. The SMILES string of the molecule is O=C(CCn1ccc2ccccc21)NC[C@H](O)c1ccc(F)c(F)c1. The average molecular weight is 344 g/mol. The van der Waals surface area contributed by atoms with E-state index in [1.165, 1.54) is 6.07 Å². The van der Waals surface area contributed by atoms with Crippen molar-refractivity contribution < 1.29 is 18.7 Å².